The number of rotatable bonds is 17. The zero-order valence-corrected chi connectivity index (χ0v) is 44.7. The van der Waals surface area contributed by atoms with Crippen molar-refractivity contribution < 1.29 is 36.2 Å². The summed E-state index contributed by atoms with van der Waals surface area (Å²) in [6, 6.07) is 27.7. The van der Waals surface area contributed by atoms with Crippen molar-refractivity contribution >= 4 is 44.0 Å². The van der Waals surface area contributed by atoms with Crippen LogP contribution in [0, 0.1) is 16.1 Å². The zero-order chi connectivity index (χ0) is 53.5. The van der Waals surface area contributed by atoms with E-state index in [1.165, 1.54) is 41.1 Å². The molecule has 1 atom stereocenters. The number of aromatic amines is 1. The molecule has 4 aromatic carbocycles. The molecule has 6 aromatic rings. The molecule has 3 N–H and O–H groups in total. The van der Waals surface area contributed by atoms with Gasteiger partial charge >= 0.3 is 0 Å². The summed E-state index contributed by atoms with van der Waals surface area (Å²) in [4.78, 5) is 42.7. The van der Waals surface area contributed by atoms with Crippen molar-refractivity contribution in [3.8, 4) is 17.2 Å². The van der Waals surface area contributed by atoms with Gasteiger partial charge in [0.05, 0.1) is 54.4 Å². The van der Waals surface area contributed by atoms with Crippen LogP contribution in [0.1, 0.15) is 91.4 Å². The van der Waals surface area contributed by atoms with E-state index in [-0.39, 0.29) is 65.0 Å². The van der Waals surface area contributed by atoms with Gasteiger partial charge in [0.1, 0.15) is 40.1 Å². The SMILES string of the molecule is COc1ccc(CN2CCN(C3CC4(CCN(c5cc(Oc6cnc7[nH]ccc7c6)c(C(=O)NS(=O)(=O)c6ccc(NCC7(F)CCN(C8COC8)CC7)c(N=O)c6)cc5F)CC4)C3)C(c3ccccc3C(C)C)C2)cc1. The van der Waals surface area contributed by atoms with Crippen molar-refractivity contribution in [1.82, 2.24) is 29.4 Å². The zero-order valence-electron chi connectivity index (χ0n) is 43.9. The summed E-state index contributed by atoms with van der Waals surface area (Å²) in [7, 11) is -2.98. The summed E-state index contributed by atoms with van der Waals surface area (Å²) in [5, 5.41) is 6.71. The average Bonchev–Trinajstić information content (AvgIpc) is 3.94. The van der Waals surface area contributed by atoms with Gasteiger partial charge in [-0.2, -0.15) is 0 Å². The predicted octanol–water partition coefficient (Wildman–Crippen LogP) is 10.1. The van der Waals surface area contributed by atoms with Crippen molar-refractivity contribution in [2.45, 2.75) is 93.5 Å². The van der Waals surface area contributed by atoms with Crippen LogP contribution in [0.2, 0.25) is 0 Å². The first-order chi connectivity index (χ1) is 37.2. The van der Waals surface area contributed by atoms with Gasteiger partial charge in [-0.05, 0) is 120 Å². The number of alkyl halides is 1. The van der Waals surface area contributed by atoms with Gasteiger partial charge in [-0.15, -0.1) is 4.91 Å². The fraction of sp³-hybridized carbons (Fsp3) is 0.448. The maximum absolute atomic E-state index is 16.6. The normalized spacial score (nSPS) is 20.4. The van der Waals surface area contributed by atoms with Gasteiger partial charge in [0.2, 0.25) is 0 Å². The highest BCUT2D eigenvalue weighted by molar-refractivity contribution is 7.90. The predicted molar refractivity (Wildman–Crippen MR) is 292 cm³/mol. The van der Waals surface area contributed by atoms with Crippen LogP contribution in [0.5, 0.6) is 17.2 Å². The number of pyridine rings is 1. The largest absolute Gasteiger partial charge is 0.497 e. The Bertz CT molecular complexity index is 3220. The number of hydrogen-bond donors (Lipinski definition) is 3. The number of carbonyl (C=O) groups is 1. The monoisotopic (exact) mass is 1070 g/mol. The van der Waals surface area contributed by atoms with Crippen molar-refractivity contribution in [1.29, 1.82) is 0 Å². The molecule has 6 heterocycles. The third-order valence-electron chi connectivity index (χ3n) is 16.9. The standard InChI is InChI=1S/C58H67F2N9O7S/c1-38(2)46-6-4-5-7-47(46)53-34-66(33-39-8-10-43(74-3)11-9-39)24-25-69(53)41-30-57(31-41)15-20-68(21-16-57)52-29-54(76-44-26-40-14-19-61-55(40)62-32-44)48(28-49(52)59)56(70)65-77(72,73)45-12-13-50(51(27-45)64-71)63-37-58(60)17-22-67(23-18-58)42-35-75-36-42/h4-14,19,26-29,32,38,41-42,53,63H,15-18,20-25,30-31,33-37H2,1-3H3,(H,61,62)(H,65,70). The quantitative estimate of drug-likeness (QED) is 0.0737. The number of ether oxygens (including phenoxy) is 3. The minimum Gasteiger partial charge on any atom is -0.497 e. The molecule has 1 saturated carbocycles. The number of methoxy groups -OCH3 is 1. The maximum Gasteiger partial charge on any atom is 0.268 e. The number of sulfonamides is 1. The second-order valence-corrected chi connectivity index (χ2v) is 23.8. The van der Waals surface area contributed by atoms with Gasteiger partial charge < -0.3 is 29.4 Å². The van der Waals surface area contributed by atoms with Crippen molar-refractivity contribution in [3.05, 3.63) is 136 Å². The van der Waals surface area contributed by atoms with E-state index in [4.69, 9.17) is 14.2 Å². The Kier molecular flexibility index (Phi) is 14.8. The molecule has 4 saturated heterocycles. The number of fused-ring (bicyclic) bond motifs is 1. The first kappa shape index (κ1) is 52.5. The van der Waals surface area contributed by atoms with Gasteiger partial charge in [-0.3, -0.25) is 19.5 Å². The maximum atomic E-state index is 16.6. The first-order valence-electron chi connectivity index (χ1n) is 26.9. The molecule has 11 rings (SSSR count). The minimum atomic E-state index is -4.67. The molecule has 0 radical (unpaired) electrons. The smallest absolute Gasteiger partial charge is 0.268 e. The van der Waals surface area contributed by atoms with E-state index in [1.54, 1.807) is 19.4 Å². The first-order valence-corrected chi connectivity index (χ1v) is 28.3. The second-order valence-electron chi connectivity index (χ2n) is 22.1. The van der Waals surface area contributed by atoms with Gasteiger partial charge in [0, 0.05) is 88.6 Å². The number of hydrogen-bond acceptors (Lipinski definition) is 14. The lowest BCUT2D eigenvalue weighted by Crippen LogP contribution is -2.60. The molecule has 0 bridgehead atoms. The Balaban J connectivity index is 0.777. The summed E-state index contributed by atoms with van der Waals surface area (Å²) in [5.74, 6) is -0.454. The van der Waals surface area contributed by atoms with Crippen LogP contribution < -0.4 is 24.4 Å². The van der Waals surface area contributed by atoms with Gasteiger partial charge in [0.15, 0.2) is 0 Å². The topological polar surface area (TPSA) is 174 Å². The Hall–Kier alpha value is -6.51. The highest BCUT2D eigenvalue weighted by Gasteiger charge is 2.50. The van der Waals surface area contributed by atoms with Crippen LogP contribution in [0.15, 0.2) is 113 Å². The minimum absolute atomic E-state index is 0.0737. The average molecular weight is 1070 g/mol. The molecule has 19 heteroatoms. The Labute approximate surface area is 448 Å². The number of H-pyrrole nitrogens is 1. The van der Waals surface area contributed by atoms with Crippen LogP contribution >= 0.6 is 0 Å². The van der Waals surface area contributed by atoms with Crippen molar-refractivity contribution in [2.24, 2.45) is 10.6 Å². The van der Waals surface area contributed by atoms with E-state index in [2.05, 4.69) is 85.4 Å². The third-order valence-corrected chi connectivity index (χ3v) is 18.3. The number of likely N-dealkylation sites (tertiary alicyclic amines) is 1. The number of benzene rings is 4. The van der Waals surface area contributed by atoms with Crippen LogP contribution in [-0.4, -0.2) is 129 Å². The highest BCUT2D eigenvalue weighted by atomic mass is 32.2. The Morgan fingerprint density at radius 3 is 2.39 bits per heavy atom. The number of piperazine rings is 1. The molecule has 1 spiro atoms. The molecule has 5 aliphatic rings. The van der Waals surface area contributed by atoms with Crippen LogP contribution in [0.25, 0.3) is 11.0 Å². The van der Waals surface area contributed by atoms with E-state index in [0.717, 1.165) is 75.1 Å². The number of halogens is 2. The number of nitroso groups, excluding NO2 is 1. The summed E-state index contributed by atoms with van der Waals surface area (Å²) >= 11 is 0. The van der Waals surface area contributed by atoms with E-state index in [0.29, 0.717) is 63.0 Å². The number of amides is 1. The summed E-state index contributed by atoms with van der Waals surface area (Å²) in [5.41, 5.74) is 2.94. The number of piperidine rings is 2. The fourth-order valence-corrected chi connectivity index (χ4v) is 13.3. The lowest BCUT2D eigenvalue weighted by Gasteiger charge is -2.58. The molecular weight excluding hydrogens is 1000 g/mol. The van der Waals surface area contributed by atoms with Gasteiger partial charge in [-0.25, -0.2) is 26.9 Å². The Morgan fingerprint density at radius 2 is 1.68 bits per heavy atom. The third kappa shape index (κ3) is 11.1. The molecule has 2 aromatic heterocycles. The molecule has 77 heavy (non-hydrogen) atoms. The molecule has 16 nitrogen and oxygen atoms in total. The van der Waals surface area contributed by atoms with Crippen LogP contribution in [0.3, 0.4) is 0 Å². The number of carbonyl (C=O) groups excluding carboxylic acids is 1. The molecule has 1 aliphatic carbocycles. The molecular formula is C58H67F2N9O7S. The lowest BCUT2D eigenvalue weighted by molar-refractivity contribution is -0.0832. The Morgan fingerprint density at radius 1 is 0.909 bits per heavy atom. The van der Waals surface area contributed by atoms with E-state index in [1.807, 2.05) is 27.8 Å². The highest BCUT2D eigenvalue weighted by Crippen LogP contribution is 2.54. The summed E-state index contributed by atoms with van der Waals surface area (Å²) < 4.78 is 79.3. The van der Waals surface area contributed by atoms with E-state index >= 15 is 8.78 Å². The number of nitrogens with one attached hydrogen (secondary N) is 3. The van der Waals surface area contributed by atoms with Crippen LogP contribution in [-0.2, 0) is 21.3 Å². The number of nitrogens with zero attached hydrogens (tertiary/aromatic N) is 6. The molecule has 406 valence electrons. The van der Waals surface area contributed by atoms with Gasteiger partial charge in [-0.1, -0.05) is 50.2 Å². The lowest BCUT2D eigenvalue weighted by atomic mass is 9.59. The molecule has 1 unspecified atom stereocenters. The molecule has 4 aliphatic heterocycles. The van der Waals surface area contributed by atoms with E-state index in [9.17, 15) is 18.1 Å². The molecule has 1 amide bonds. The second kappa shape index (κ2) is 21.7. The van der Waals surface area contributed by atoms with Crippen molar-refractivity contribution in [3.63, 3.8) is 0 Å². The fourth-order valence-electron chi connectivity index (χ4n) is 12.3. The van der Waals surface area contributed by atoms with Crippen molar-refractivity contribution in [2.75, 3.05) is 82.9 Å². The van der Waals surface area contributed by atoms with E-state index < -0.39 is 32.3 Å². The molecule has 5 fully saturated rings. The van der Waals surface area contributed by atoms with Gasteiger partial charge in [0.25, 0.3) is 15.9 Å². The van der Waals surface area contributed by atoms with Crippen LogP contribution in [0.4, 0.5) is 25.8 Å². The number of anilines is 2. The summed E-state index contributed by atoms with van der Waals surface area (Å²) in [6.45, 7) is 11.7. The summed E-state index contributed by atoms with van der Waals surface area (Å²) in [6.07, 6.45) is 7.57. The number of aromatic nitrogens is 2.